The van der Waals surface area contributed by atoms with Crippen molar-refractivity contribution in [2.24, 2.45) is 0 Å². The van der Waals surface area contributed by atoms with Gasteiger partial charge in [-0.25, -0.2) is 4.57 Å². The van der Waals surface area contributed by atoms with Gasteiger partial charge in [0.1, 0.15) is 18.1 Å². The Balaban J connectivity index is 1.85. The second-order valence-corrected chi connectivity index (χ2v) is 7.14. The predicted molar refractivity (Wildman–Crippen MR) is 112 cm³/mol. The fraction of sp³-hybridized carbons (Fsp3) is 0.125. The largest absolute Gasteiger partial charge is 0.507 e. The number of aromatic nitrogens is 3. The molecule has 29 heavy (non-hydrogen) atoms. The lowest BCUT2D eigenvalue weighted by atomic mass is 9.92. The van der Waals surface area contributed by atoms with E-state index in [0.717, 1.165) is 23.2 Å². The zero-order chi connectivity index (χ0) is 20.0. The van der Waals surface area contributed by atoms with Crippen LogP contribution in [-0.2, 0) is 13.1 Å². The van der Waals surface area contributed by atoms with E-state index in [9.17, 15) is 9.90 Å². The highest BCUT2D eigenvalue weighted by Gasteiger charge is 2.27. The first-order chi connectivity index (χ1) is 14.2. The molecule has 0 saturated carbocycles. The van der Waals surface area contributed by atoms with Crippen molar-refractivity contribution in [3.63, 3.8) is 0 Å². The normalized spacial score (nSPS) is 14.4. The van der Waals surface area contributed by atoms with Crippen molar-refractivity contribution in [3.8, 4) is 0 Å². The van der Waals surface area contributed by atoms with E-state index in [-0.39, 0.29) is 11.3 Å². The van der Waals surface area contributed by atoms with Gasteiger partial charge < -0.3 is 9.67 Å². The highest BCUT2D eigenvalue weighted by atomic mass is 16.3. The van der Waals surface area contributed by atoms with Crippen LogP contribution < -0.4 is 10.1 Å². The third-order valence-electron chi connectivity index (χ3n) is 5.49. The minimum atomic E-state index is -0.284. The summed E-state index contributed by atoms with van der Waals surface area (Å²) in [6.07, 6.45) is 3.86. The number of hydrogen-bond acceptors (Lipinski definition) is 3. The Morgan fingerprint density at radius 2 is 1.79 bits per heavy atom. The number of fused-ring (bicyclic) bond motifs is 4. The Kier molecular flexibility index (Phi) is 4.02. The fourth-order valence-corrected chi connectivity index (χ4v) is 3.97. The minimum absolute atomic E-state index is 0.122. The average molecular weight is 382 g/mol. The first kappa shape index (κ1) is 17.4. The molecule has 0 atom stereocenters. The molecule has 0 fully saturated rings. The molecule has 142 valence electrons. The molecule has 5 heteroatoms. The highest BCUT2D eigenvalue weighted by Crippen LogP contribution is 2.36. The summed E-state index contributed by atoms with van der Waals surface area (Å²) in [5.74, 6) is 0.619. The van der Waals surface area contributed by atoms with Crippen LogP contribution >= 0.6 is 0 Å². The Bertz CT molecular complexity index is 1330. The molecule has 5 nitrogen and oxygen atoms in total. The van der Waals surface area contributed by atoms with Gasteiger partial charge in [-0.05, 0) is 30.2 Å². The quantitative estimate of drug-likeness (QED) is 0.375. The third-order valence-corrected chi connectivity index (χ3v) is 5.49. The first-order valence-corrected chi connectivity index (χ1v) is 9.68. The summed E-state index contributed by atoms with van der Waals surface area (Å²) in [6, 6.07) is 19.2. The zero-order valence-electron chi connectivity index (χ0n) is 16.0. The van der Waals surface area contributed by atoms with E-state index in [1.165, 1.54) is 0 Å². The Hall–Kier alpha value is -3.73. The number of aliphatic hydroxyl groups is 1. The molecule has 3 heterocycles. The van der Waals surface area contributed by atoms with Gasteiger partial charge in [-0.1, -0.05) is 36.4 Å². The molecule has 5 rings (SSSR count). The summed E-state index contributed by atoms with van der Waals surface area (Å²) in [7, 11) is 0. The molecule has 0 amide bonds. The smallest absolute Gasteiger partial charge is 0.281 e. The van der Waals surface area contributed by atoms with Crippen LogP contribution in [0.3, 0.4) is 0 Å². The summed E-state index contributed by atoms with van der Waals surface area (Å²) >= 11 is 0. The molecule has 1 N–H and O–H groups in total. The summed E-state index contributed by atoms with van der Waals surface area (Å²) < 4.78 is 4.04. The molecule has 0 saturated heterocycles. The monoisotopic (exact) mass is 382 g/mol. The number of rotatable bonds is 2. The van der Waals surface area contributed by atoms with Gasteiger partial charge in [0.15, 0.2) is 12.4 Å². The van der Waals surface area contributed by atoms with E-state index in [1.54, 1.807) is 6.07 Å². The van der Waals surface area contributed by atoms with Crippen molar-refractivity contribution in [1.82, 2.24) is 9.55 Å². The van der Waals surface area contributed by atoms with Gasteiger partial charge in [-0.15, -0.1) is 0 Å². The van der Waals surface area contributed by atoms with Gasteiger partial charge in [0.2, 0.25) is 0 Å². The number of aryl methyl sites for hydroxylation is 1. The van der Waals surface area contributed by atoms with Gasteiger partial charge in [0, 0.05) is 17.7 Å². The Morgan fingerprint density at radius 1 is 1.07 bits per heavy atom. The second kappa shape index (κ2) is 6.71. The van der Waals surface area contributed by atoms with Crippen LogP contribution in [-0.4, -0.2) is 14.7 Å². The standard InChI is InChI=1S/C24H19N3O2/c1-2-26-13-11-16(12-14-26)22(28)21-18-8-4-3-7-17(18)15-27-20-10-6-5-9-19(20)24(29)25-23(21)27/h3-14H,2,15H2,1H3/p+1. The van der Waals surface area contributed by atoms with E-state index in [2.05, 4.69) is 18.0 Å². The van der Waals surface area contributed by atoms with Crippen LogP contribution in [0.1, 0.15) is 29.4 Å². The molecule has 1 aliphatic heterocycles. The Labute approximate surface area is 167 Å². The van der Waals surface area contributed by atoms with Crippen molar-refractivity contribution < 1.29 is 9.67 Å². The molecule has 0 aliphatic carbocycles. The SMILES string of the molecule is CC[n+]1ccc(/C(O)=C2/c3ccccc3Cn3c2nc(=O)c2ccccc23)cc1. The second-order valence-electron chi connectivity index (χ2n) is 7.14. The van der Waals surface area contributed by atoms with Gasteiger partial charge in [0.05, 0.1) is 23.0 Å². The van der Waals surface area contributed by atoms with Crippen molar-refractivity contribution >= 4 is 22.2 Å². The lowest BCUT2D eigenvalue weighted by Gasteiger charge is -2.26. The zero-order valence-corrected chi connectivity index (χ0v) is 16.0. The van der Waals surface area contributed by atoms with Crippen molar-refractivity contribution in [2.75, 3.05) is 0 Å². The molecule has 4 aromatic rings. The van der Waals surface area contributed by atoms with Crippen molar-refractivity contribution in [3.05, 3.63) is 106 Å². The third kappa shape index (κ3) is 2.74. The van der Waals surface area contributed by atoms with Crippen molar-refractivity contribution in [2.45, 2.75) is 20.0 Å². The van der Waals surface area contributed by atoms with Crippen LogP contribution in [0.2, 0.25) is 0 Å². The fourth-order valence-electron chi connectivity index (χ4n) is 3.97. The number of pyridine rings is 1. The average Bonchev–Trinajstić information content (AvgIpc) is 2.78. The minimum Gasteiger partial charge on any atom is -0.507 e. The predicted octanol–water partition coefficient (Wildman–Crippen LogP) is 3.54. The lowest BCUT2D eigenvalue weighted by molar-refractivity contribution is -0.693. The van der Waals surface area contributed by atoms with Gasteiger partial charge >= 0.3 is 0 Å². The molecule has 0 unspecified atom stereocenters. The van der Waals surface area contributed by atoms with E-state index < -0.39 is 0 Å². The molecular formula is C24H20N3O2+. The molecule has 0 bridgehead atoms. The maximum Gasteiger partial charge on any atom is 0.281 e. The highest BCUT2D eigenvalue weighted by molar-refractivity contribution is 5.96. The summed E-state index contributed by atoms with van der Waals surface area (Å²) in [4.78, 5) is 17.1. The van der Waals surface area contributed by atoms with E-state index >= 15 is 0 Å². The summed E-state index contributed by atoms with van der Waals surface area (Å²) in [5.41, 5.74) is 3.79. The number of benzene rings is 2. The van der Waals surface area contributed by atoms with Gasteiger partial charge in [-0.3, -0.25) is 4.79 Å². The maximum atomic E-state index is 12.7. The number of aliphatic hydroxyl groups excluding tert-OH is 1. The van der Waals surface area contributed by atoms with E-state index in [0.29, 0.717) is 28.9 Å². The van der Waals surface area contributed by atoms with Gasteiger partial charge in [0.25, 0.3) is 5.56 Å². The van der Waals surface area contributed by atoms with E-state index in [1.807, 2.05) is 70.1 Å². The lowest BCUT2D eigenvalue weighted by Crippen LogP contribution is -2.30. The van der Waals surface area contributed by atoms with Crippen LogP contribution in [0.25, 0.3) is 22.2 Å². The molecule has 0 radical (unpaired) electrons. The molecule has 1 aliphatic rings. The topological polar surface area (TPSA) is 59.0 Å². The maximum absolute atomic E-state index is 12.7. The number of nitrogens with zero attached hydrogens (tertiary/aromatic N) is 3. The number of hydrogen-bond donors (Lipinski definition) is 1. The molecule has 2 aromatic carbocycles. The van der Waals surface area contributed by atoms with Crippen molar-refractivity contribution in [1.29, 1.82) is 0 Å². The summed E-state index contributed by atoms with van der Waals surface area (Å²) in [6.45, 7) is 3.51. The van der Waals surface area contributed by atoms with Crippen LogP contribution in [0.5, 0.6) is 0 Å². The van der Waals surface area contributed by atoms with Crippen LogP contribution in [0, 0.1) is 0 Å². The Morgan fingerprint density at radius 3 is 2.59 bits per heavy atom. The first-order valence-electron chi connectivity index (χ1n) is 9.68. The summed E-state index contributed by atoms with van der Waals surface area (Å²) in [5, 5.41) is 11.9. The molecule has 2 aromatic heterocycles. The van der Waals surface area contributed by atoms with Crippen LogP contribution in [0.15, 0.2) is 77.9 Å². The molecule has 0 spiro atoms. The van der Waals surface area contributed by atoms with Gasteiger partial charge in [-0.2, -0.15) is 4.98 Å². The number of para-hydroxylation sites is 1. The van der Waals surface area contributed by atoms with Crippen LogP contribution in [0.4, 0.5) is 0 Å². The molecular weight excluding hydrogens is 362 g/mol. The van der Waals surface area contributed by atoms with E-state index in [4.69, 9.17) is 0 Å².